The Morgan fingerprint density at radius 1 is 1.05 bits per heavy atom. The fourth-order valence-electron chi connectivity index (χ4n) is 1.84. The van der Waals surface area contributed by atoms with E-state index < -0.39 is 17.7 Å². The minimum atomic E-state index is -4.36. The molecule has 0 aliphatic heterocycles. The van der Waals surface area contributed by atoms with E-state index in [-0.39, 0.29) is 6.42 Å². The Morgan fingerprint density at radius 2 is 1.71 bits per heavy atom. The summed E-state index contributed by atoms with van der Waals surface area (Å²) in [6.45, 7) is 0. The molecule has 110 valence electrons. The zero-order valence-corrected chi connectivity index (χ0v) is 10.8. The van der Waals surface area contributed by atoms with Crippen molar-refractivity contribution in [2.24, 2.45) is 0 Å². The van der Waals surface area contributed by atoms with Crippen LogP contribution < -0.4 is 5.32 Å². The van der Waals surface area contributed by atoms with Gasteiger partial charge in [-0.25, -0.2) is 0 Å². The number of nitrogens with one attached hydrogen (secondary N) is 1. The van der Waals surface area contributed by atoms with Crippen LogP contribution in [0.5, 0.6) is 0 Å². The maximum atomic E-state index is 12.4. The molecule has 0 radical (unpaired) electrons. The van der Waals surface area contributed by atoms with Gasteiger partial charge >= 0.3 is 12.1 Å². The van der Waals surface area contributed by atoms with Crippen LogP contribution in [0.2, 0.25) is 0 Å². The van der Waals surface area contributed by atoms with Crippen LogP contribution in [-0.2, 0) is 17.4 Å². The molecule has 0 saturated heterocycles. The SMILES string of the molecule is O=C(O)Cc1cccc(Nc2ccc(C(F)(F)F)cc2)c1. The van der Waals surface area contributed by atoms with Gasteiger partial charge in [0.05, 0.1) is 12.0 Å². The van der Waals surface area contributed by atoms with Crippen LogP contribution in [0.25, 0.3) is 0 Å². The number of alkyl halides is 3. The van der Waals surface area contributed by atoms with E-state index in [0.29, 0.717) is 16.9 Å². The third kappa shape index (κ3) is 4.24. The highest BCUT2D eigenvalue weighted by atomic mass is 19.4. The molecule has 6 heteroatoms. The van der Waals surface area contributed by atoms with Gasteiger partial charge in [0.15, 0.2) is 0 Å². The highest BCUT2D eigenvalue weighted by Gasteiger charge is 2.29. The predicted molar refractivity (Wildman–Crippen MR) is 72.5 cm³/mol. The third-order valence-corrected chi connectivity index (χ3v) is 2.78. The lowest BCUT2D eigenvalue weighted by Gasteiger charge is -2.10. The van der Waals surface area contributed by atoms with E-state index in [1.165, 1.54) is 12.1 Å². The van der Waals surface area contributed by atoms with E-state index in [4.69, 9.17) is 5.11 Å². The van der Waals surface area contributed by atoms with Gasteiger partial charge in [-0.15, -0.1) is 0 Å². The van der Waals surface area contributed by atoms with E-state index in [0.717, 1.165) is 12.1 Å². The second kappa shape index (κ2) is 5.87. The normalized spacial score (nSPS) is 11.2. The summed E-state index contributed by atoms with van der Waals surface area (Å²) in [5.74, 6) is -0.943. The molecule has 0 saturated carbocycles. The van der Waals surface area contributed by atoms with Crippen molar-refractivity contribution in [2.75, 3.05) is 5.32 Å². The second-order valence-electron chi connectivity index (χ2n) is 4.47. The maximum absolute atomic E-state index is 12.4. The minimum Gasteiger partial charge on any atom is -0.481 e. The van der Waals surface area contributed by atoms with Gasteiger partial charge in [0.1, 0.15) is 0 Å². The maximum Gasteiger partial charge on any atom is 0.416 e. The number of halogens is 3. The summed E-state index contributed by atoms with van der Waals surface area (Å²) < 4.78 is 37.3. The molecule has 0 aromatic heterocycles. The lowest BCUT2D eigenvalue weighted by Crippen LogP contribution is -2.04. The van der Waals surface area contributed by atoms with Crippen molar-refractivity contribution >= 4 is 17.3 Å². The Kier molecular flexibility index (Phi) is 4.16. The van der Waals surface area contributed by atoms with Crippen LogP contribution in [-0.4, -0.2) is 11.1 Å². The number of hydrogen-bond acceptors (Lipinski definition) is 2. The van der Waals surface area contributed by atoms with E-state index in [9.17, 15) is 18.0 Å². The zero-order chi connectivity index (χ0) is 15.5. The number of carbonyl (C=O) groups is 1. The minimum absolute atomic E-state index is 0.109. The summed E-state index contributed by atoms with van der Waals surface area (Å²) in [4.78, 5) is 10.6. The van der Waals surface area contributed by atoms with Crippen LogP contribution in [0.1, 0.15) is 11.1 Å². The topological polar surface area (TPSA) is 49.3 Å². The first-order valence-corrected chi connectivity index (χ1v) is 6.09. The first kappa shape index (κ1) is 14.9. The number of aliphatic carboxylic acids is 1. The molecule has 2 aromatic rings. The summed E-state index contributed by atoms with van der Waals surface area (Å²) >= 11 is 0. The number of carboxylic acids is 1. The average molecular weight is 295 g/mol. The second-order valence-corrected chi connectivity index (χ2v) is 4.47. The van der Waals surface area contributed by atoms with Crippen LogP contribution in [0.4, 0.5) is 24.5 Å². The van der Waals surface area contributed by atoms with E-state index in [1.54, 1.807) is 24.3 Å². The highest BCUT2D eigenvalue weighted by molar-refractivity contribution is 5.71. The van der Waals surface area contributed by atoms with Crippen LogP contribution in [0.3, 0.4) is 0 Å². The van der Waals surface area contributed by atoms with Crippen molar-refractivity contribution < 1.29 is 23.1 Å². The Hall–Kier alpha value is -2.50. The number of rotatable bonds is 4. The fourth-order valence-corrected chi connectivity index (χ4v) is 1.84. The van der Waals surface area contributed by atoms with E-state index >= 15 is 0 Å². The number of hydrogen-bond donors (Lipinski definition) is 2. The molecule has 0 aliphatic carbocycles. The Bertz CT molecular complexity index is 636. The van der Waals surface area contributed by atoms with Crippen molar-refractivity contribution in [3.63, 3.8) is 0 Å². The van der Waals surface area contributed by atoms with E-state index in [2.05, 4.69) is 5.32 Å². The lowest BCUT2D eigenvalue weighted by atomic mass is 10.1. The summed E-state index contributed by atoms with van der Waals surface area (Å²) in [5, 5.41) is 11.7. The van der Waals surface area contributed by atoms with E-state index in [1.807, 2.05) is 0 Å². The molecular formula is C15H12F3NO2. The number of carboxylic acid groups (broad SMARTS) is 1. The smallest absolute Gasteiger partial charge is 0.416 e. The van der Waals surface area contributed by atoms with Crippen LogP contribution >= 0.6 is 0 Å². The number of benzene rings is 2. The lowest BCUT2D eigenvalue weighted by molar-refractivity contribution is -0.138. The molecule has 2 N–H and O–H groups in total. The molecule has 0 atom stereocenters. The van der Waals surface area contributed by atoms with Crippen molar-refractivity contribution in [1.82, 2.24) is 0 Å². The largest absolute Gasteiger partial charge is 0.481 e. The third-order valence-electron chi connectivity index (χ3n) is 2.78. The molecule has 2 aromatic carbocycles. The van der Waals surface area contributed by atoms with Gasteiger partial charge in [-0.1, -0.05) is 12.1 Å². The molecule has 0 amide bonds. The molecule has 0 bridgehead atoms. The molecule has 0 unspecified atom stereocenters. The highest BCUT2D eigenvalue weighted by Crippen LogP contribution is 2.30. The van der Waals surface area contributed by atoms with Crippen LogP contribution in [0, 0.1) is 0 Å². The monoisotopic (exact) mass is 295 g/mol. The van der Waals surface area contributed by atoms with Crippen molar-refractivity contribution in [1.29, 1.82) is 0 Å². The standard InChI is InChI=1S/C15H12F3NO2/c16-15(17,18)11-4-6-12(7-5-11)19-13-3-1-2-10(8-13)9-14(20)21/h1-8,19H,9H2,(H,20,21). The molecule has 0 spiro atoms. The Morgan fingerprint density at radius 3 is 2.29 bits per heavy atom. The number of anilines is 2. The van der Waals surface area contributed by atoms with Gasteiger partial charge in [-0.3, -0.25) is 4.79 Å². The quantitative estimate of drug-likeness (QED) is 0.893. The molecule has 21 heavy (non-hydrogen) atoms. The molecule has 0 fully saturated rings. The van der Waals surface area contributed by atoms with Gasteiger partial charge in [0, 0.05) is 11.4 Å². The zero-order valence-electron chi connectivity index (χ0n) is 10.8. The van der Waals surface area contributed by atoms with Crippen molar-refractivity contribution in [2.45, 2.75) is 12.6 Å². The van der Waals surface area contributed by atoms with Crippen molar-refractivity contribution in [3.05, 3.63) is 59.7 Å². The van der Waals surface area contributed by atoms with Gasteiger partial charge in [-0.05, 0) is 42.0 Å². The molecule has 0 heterocycles. The summed E-state index contributed by atoms with van der Waals surface area (Å²) in [6, 6.07) is 11.3. The summed E-state index contributed by atoms with van der Waals surface area (Å²) in [6.07, 6.45) is -4.47. The summed E-state index contributed by atoms with van der Waals surface area (Å²) in [7, 11) is 0. The van der Waals surface area contributed by atoms with Gasteiger partial charge < -0.3 is 10.4 Å². The summed E-state index contributed by atoms with van der Waals surface area (Å²) in [5.41, 5.74) is 1.01. The fraction of sp³-hybridized carbons (Fsp3) is 0.133. The van der Waals surface area contributed by atoms with Gasteiger partial charge in [-0.2, -0.15) is 13.2 Å². The Balaban J connectivity index is 2.13. The van der Waals surface area contributed by atoms with Gasteiger partial charge in [0.25, 0.3) is 0 Å². The first-order valence-electron chi connectivity index (χ1n) is 6.09. The molecular weight excluding hydrogens is 283 g/mol. The van der Waals surface area contributed by atoms with Crippen molar-refractivity contribution in [3.8, 4) is 0 Å². The first-order chi connectivity index (χ1) is 9.84. The molecule has 0 aliphatic rings. The van der Waals surface area contributed by atoms with Crippen LogP contribution in [0.15, 0.2) is 48.5 Å². The molecule has 3 nitrogen and oxygen atoms in total. The van der Waals surface area contributed by atoms with Gasteiger partial charge in [0.2, 0.25) is 0 Å². The predicted octanol–water partition coefficient (Wildman–Crippen LogP) is 4.08. The average Bonchev–Trinajstić information content (AvgIpc) is 2.38. The Labute approximate surface area is 119 Å². The molecule has 2 rings (SSSR count).